The highest BCUT2D eigenvalue weighted by Gasteiger charge is 2.52. The van der Waals surface area contributed by atoms with E-state index in [1.807, 2.05) is 58.1 Å². The lowest BCUT2D eigenvalue weighted by Gasteiger charge is -2.42. The number of likely N-dealkylation sites (tertiary alicyclic amines) is 1. The quantitative estimate of drug-likeness (QED) is 0.0485. The number of hydrogen-bond donors (Lipinski definition) is 3. The molecule has 0 bridgehead atoms. The molecule has 0 radical (unpaired) electrons. The van der Waals surface area contributed by atoms with Crippen LogP contribution < -0.4 is 0 Å². The van der Waals surface area contributed by atoms with Gasteiger partial charge in [0.15, 0.2) is 5.78 Å². The average Bonchev–Trinajstić information content (AvgIpc) is 3.25. The normalized spacial score (nSPS) is 28.3. The van der Waals surface area contributed by atoms with Crippen molar-refractivity contribution in [1.82, 2.24) is 4.90 Å². The largest absolute Gasteiger partial charge is 0.480 e. The Kier molecular flexibility index (Phi) is 22.1. The summed E-state index contributed by atoms with van der Waals surface area (Å²) in [6.07, 6.45) is 20.7. The third-order valence-corrected chi connectivity index (χ3v) is 13.6. The first-order valence-electron chi connectivity index (χ1n) is 23.3. The molecule has 2 unspecified atom stereocenters. The highest BCUT2D eigenvalue weighted by atomic mass is 16.6. The minimum atomic E-state index is -2.30. The average molecular weight is 870 g/mol. The molecule has 12 nitrogen and oxygen atoms in total. The van der Waals surface area contributed by atoms with Gasteiger partial charge < -0.3 is 34.4 Å². The number of carbonyl (C=O) groups is 5. The van der Waals surface area contributed by atoms with E-state index in [0.29, 0.717) is 74.9 Å². The zero-order valence-corrected chi connectivity index (χ0v) is 39.2. The van der Waals surface area contributed by atoms with Crippen LogP contribution >= 0.6 is 0 Å². The summed E-state index contributed by atoms with van der Waals surface area (Å²) >= 11 is 0. The Morgan fingerprint density at radius 1 is 0.919 bits per heavy atom. The summed E-state index contributed by atoms with van der Waals surface area (Å²) in [7, 11) is 3.22. The van der Waals surface area contributed by atoms with Crippen LogP contribution in [0.5, 0.6) is 0 Å². The van der Waals surface area contributed by atoms with Crippen molar-refractivity contribution in [1.29, 1.82) is 0 Å². The molecule has 0 aromatic heterocycles. The number of nitrogens with zero attached hydrogens (tertiary/aromatic N) is 1. The Morgan fingerprint density at radius 3 is 2.32 bits per heavy atom. The first-order chi connectivity index (χ1) is 29.3. The number of carboxylic acid groups (broad SMARTS) is 1. The van der Waals surface area contributed by atoms with E-state index in [0.717, 1.165) is 36.2 Å². The molecule has 350 valence electrons. The first kappa shape index (κ1) is 53.1. The maximum absolute atomic E-state index is 13.5. The van der Waals surface area contributed by atoms with Crippen molar-refractivity contribution < 1.29 is 53.5 Å². The summed E-state index contributed by atoms with van der Waals surface area (Å²) in [5.41, 5.74) is 1.61. The monoisotopic (exact) mass is 870 g/mol. The number of rotatable bonds is 24. The molecule has 2 aliphatic heterocycles. The summed E-state index contributed by atoms with van der Waals surface area (Å²) in [5, 5.41) is 32.1. The molecule has 3 fully saturated rings. The highest BCUT2D eigenvalue weighted by molar-refractivity contribution is 6.39. The van der Waals surface area contributed by atoms with Gasteiger partial charge in [-0.3, -0.25) is 19.2 Å². The number of methoxy groups -OCH3 is 2. The SMILES string of the molecule is CO[C@H]1CCCC(C[C@@H](C)CCC(=O)[C@H](C)/C=C(\C)[C@@H](O)[C@@H](OC)C(=O)[C@H](C)C[C@H](C)/C=C/C=C/C=C(\C)CC[C@@H]2CC[C@@H](C)[C@](O)(C(=O)C(=O)N3CCCCC3C(=O)O)O2)C1. The Bertz CT molecular complexity index is 1620. The van der Waals surface area contributed by atoms with E-state index in [2.05, 4.69) is 6.92 Å². The molecule has 0 spiro atoms. The van der Waals surface area contributed by atoms with Crippen LogP contribution in [0.3, 0.4) is 0 Å². The van der Waals surface area contributed by atoms with Crippen molar-refractivity contribution in [3.05, 3.63) is 47.6 Å². The van der Waals surface area contributed by atoms with Crippen molar-refractivity contribution in [3.63, 3.8) is 0 Å². The van der Waals surface area contributed by atoms with Crippen molar-refractivity contribution in [2.24, 2.45) is 35.5 Å². The number of aliphatic hydroxyl groups excluding tert-OH is 1. The first-order valence-corrected chi connectivity index (χ1v) is 23.3. The van der Waals surface area contributed by atoms with Gasteiger partial charge in [-0.25, -0.2) is 4.79 Å². The molecule has 3 aliphatic rings. The van der Waals surface area contributed by atoms with Crippen LogP contribution in [0.2, 0.25) is 0 Å². The number of amides is 1. The maximum atomic E-state index is 13.5. The van der Waals surface area contributed by atoms with Crippen molar-refractivity contribution in [3.8, 4) is 0 Å². The van der Waals surface area contributed by atoms with E-state index in [1.54, 1.807) is 27.0 Å². The van der Waals surface area contributed by atoms with Gasteiger partial charge in [0.2, 0.25) is 5.79 Å². The van der Waals surface area contributed by atoms with E-state index in [1.165, 1.54) is 20.0 Å². The van der Waals surface area contributed by atoms with Crippen molar-refractivity contribution in [2.75, 3.05) is 20.8 Å². The third kappa shape index (κ3) is 15.8. The van der Waals surface area contributed by atoms with Gasteiger partial charge in [0, 0.05) is 44.9 Å². The topological polar surface area (TPSA) is 177 Å². The Hall–Kier alpha value is -3.29. The van der Waals surface area contributed by atoms with Crippen LogP contribution in [0.25, 0.3) is 0 Å². The van der Waals surface area contributed by atoms with Crippen LogP contribution in [0.1, 0.15) is 145 Å². The number of aliphatic carboxylic acids is 1. The van der Waals surface area contributed by atoms with Gasteiger partial charge in [-0.15, -0.1) is 0 Å². The predicted molar refractivity (Wildman–Crippen MR) is 240 cm³/mol. The van der Waals surface area contributed by atoms with E-state index < -0.39 is 53.7 Å². The second-order valence-corrected chi connectivity index (χ2v) is 19.0. The molecule has 1 saturated carbocycles. The van der Waals surface area contributed by atoms with E-state index in [-0.39, 0.29) is 42.3 Å². The molecule has 0 aromatic carbocycles. The van der Waals surface area contributed by atoms with Gasteiger partial charge in [-0.2, -0.15) is 0 Å². The van der Waals surface area contributed by atoms with Gasteiger partial charge in [-0.05, 0) is 114 Å². The van der Waals surface area contributed by atoms with Gasteiger partial charge >= 0.3 is 5.97 Å². The zero-order chi connectivity index (χ0) is 46.1. The minimum absolute atomic E-state index is 0.0682. The number of allylic oxidation sites excluding steroid dienone is 7. The van der Waals surface area contributed by atoms with Crippen LogP contribution in [0, 0.1) is 35.5 Å². The smallest absolute Gasteiger partial charge is 0.326 e. The van der Waals surface area contributed by atoms with Gasteiger partial charge in [0.1, 0.15) is 24.0 Å². The predicted octanol–water partition coefficient (Wildman–Crippen LogP) is 8.13. The second-order valence-electron chi connectivity index (χ2n) is 19.0. The molecular formula is C50H79NO11. The fourth-order valence-corrected chi connectivity index (χ4v) is 9.50. The number of ether oxygens (including phenoxy) is 3. The van der Waals surface area contributed by atoms with E-state index in [4.69, 9.17) is 14.2 Å². The zero-order valence-electron chi connectivity index (χ0n) is 39.2. The summed E-state index contributed by atoms with van der Waals surface area (Å²) in [6.45, 7) is 13.5. The molecule has 12 atom stereocenters. The van der Waals surface area contributed by atoms with Crippen LogP contribution in [0.4, 0.5) is 0 Å². The molecule has 12 heteroatoms. The van der Waals surface area contributed by atoms with Crippen LogP contribution in [-0.2, 0) is 38.2 Å². The molecule has 2 heterocycles. The molecule has 3 N–H and O–H groups in total. The Balaban J connectivity index is 1.44. The number of Topliss-reactive ketones (excluding diaryl/α,β-unsaturated/α-hetero) is 3. The molecule has 1 amide bonds. The third-order valence-electron chi connectivity index (χ3n) is 13.6. The number of carboxylic acids is 1. The van der Waals surface area contributed by atoms with Crippen LogP contribution in [-0.4, -0.2) is 106 Å². The van der Waals surface area contributed by atoms with E-state index >= 15 is 0 Å². The summed E-state index contributed by atoms with van der Waals surface area (Å²) in [5.74, 6) is -5.82. The van der Waals surface area contributed by atoms with Gasteiger partial charge in [0.05, 0.1) is 12.2 Å². The number of carbonyl (C=O) groups excluding carboxylic acids is 4. The number of piperidine rings is 1. The van der Waals surface area contributed by atoms with Gasteiger partial charge in [0.25, 0.3) is 11.7 Å². The van der Waals surface area contributed by atoms with Crippen LogP contribution in [0.15, 0.2) is 47.6 Å². The summed E-state index contributed by atoms with van der Waals surface area (Å²) in [6, 6.07) is -1.09. The Morgan fingerprint density at radius 2 is 1.65 bits per heavy atom. The molecular weight excluding hydrogens is 791 g/mol. The number of ketones is 3. The molecule has 0 aromatic rings. The fraction of sp³-hybridized carbons (Fsp3) is 0.740. The fourth-order valence-electron chi connectivity index (χ4n) is 9.50. The molecule has 1 aliphatic carbocycles. The number of aliphatic hydroxyl groups is 2. The molecule has 62 heavy (non-hydrogen) atoms. The van der Waals surface area contributed by atoms with Crippen molar-refractivity contribution >= 4 is 29.2 Å². The number of hydrogen-bond acceptors (Lipinski definition) is 10. The molecule has 2 saturated heterocycles. The van der Waals surface area contributed by atoms with Crippen molar-refractivity contribution in [2.45, 2.75) is 181 Å². The lowest BCUT2D eigenvalue weighted by molar-refractivity contribution is -0.263. The lowest BCUT2D eigenvalue weighted by Crippen LogP contribution is -2.60. The van der Waals surface area contributed by atoms with Gasteiger partial charge in [-0.1, -0.05) is 89.5 Å². The molecule has 3 rings (SSSR count). The second kappa shape index (κ2) is 25.9. The summed E-state index contributed by atoms with van der Waals surface area (Å²) in [4.78, 5) is 65.8. The highest BCUT2D eigenvalue weighted by Crippen LogP contribution is 2.36. The summed E-state index contributed by atoms with van der Waals surface area (Å²) < 4.78 is 17.0. The Labute approximate surface area is 371 Å². The van der Waals surface area contributed by atoms with E-state index in [9.17, 15) is 39.3 Å². The standard InChI is InChI=1S/C50H79NO11/c1-32(21-24-40-25-23-38(7)50(59,62-40)47(55)48(56)51-27-14-13-20-42(51)49(57)58)16-11-10-12-17-33(2)28-36(5)44(53)46(61-9)45(54)37(6)30-35(4)43(52)26-22-34(3)29-39-18-15-19-41(31-39)60-8/h10-12,16-17,30,33-36,38-42,45-46,54,59H,13-15,18-29,31H2,1-9H3,(H,57,58)/b11-10+,17-12+,32-16+,37-30+/t33-,34+,35-,36-,38-,39?,40-,41+,42?,45-,46+,50-/m1/s1. The maximum Gasteiger partial charge on any atom is 0.326 e. The minimum Gasteiger partial charge on any atom is -0.480 e. The lowest BCUT2D eigenvalue weighted by atomic mass is 9.80.